The van der Waals surface area contributed by atoms with Crippen LogP contribution in [0.15, 0.2) is 23.8 Å². The molecule has 0 saturated carbocycles. The zero-order chi connectivity index (χ0) is 16.0. The maximum Gasteiger partial charge on any atom is 0.417 e. The van der Waals surface area contributed by atoms with E-state index in [-0.39, 0.29) is 11.1 Å². The zero-order valence-corrected chi connectivity index (χ0v) is 11.7. The third-order valence-corrected chi connectivity index (χ3v) is 3.01. The van der Waals surface area contributed by atoms with Gasteiger partial charge in [-0.15, -0.1) is 0 Å². The molecule has 0 aliphatic heterocycles. The van der Waals surface area contributed by atoms with Crippen molar-refractivity contribution in [2.24, 2.45) is 0 Å². The van der Waals surface area contributed by atoms with E-state index in [0.29, 0.717) is 18.8 Å². The number of rotatable bonds is 4. The molecule has 3 nitrogen and oxygen atoms in total. The summed E-state index contributed by atoms with van der Waals surface area (Å²) in [4.78, 5) is 1.79. The van der Waals surface area contributed by atoms with E-state index in [0.717, 1.165) is 12.1 Å². The highest BCUT2D eigenvalue weighted by atomic mass is 19.4. The number of alkyl halides is 3. The summed E-state index contributed by atoms with van der Waals surface area (Å²) in [7, 11) is 0. The van der Waals surface area contributed by atoms with Crippen molar-refractivity contribution in [3.63, 3.8) is 0 Å². The van der Waals surface area contributed by atoms with Gasteiger partial charge in [-0.2, -0.15) is 23.7 Å². The topological polar surface area (TPSA) is 50.8 Å². The van der Waals surface area contributed by atoms with Crippen molar-refractivity contribution in [2.75, 3.05) is 18.0 Å². The first kappa shape index (κ1) is 16.6. The molecular formula is C15H14F3N3. The molecule has 6 heteroatoms. The van der Waals surface area contributed by atoms with Crippen LogP contribution in [0.5, 0.6) is 0 Å². The Morgan fingerprint density at radius 3 is 2.19 bits per heavy atom. The predicted molar refractivity (Wildman–Crippen MR) is 74.2 cm³/mol. The van der Waals surface area contributed by atoms with Crippen LogP contribution in [-0.4, -0.2) is 13.1 Å². The molecular weight excluding hydrogens is 279 g/mol. The molecule has 0 unspecified atom stereocenters. The van der Waals surface area contributed by atoms with Gasteiger partial charge < -0.3 is 4.90 Å². The number of hydrogen-bond donors (Lipinski definition) is 0. The summed E-state index contributed by atoms with van der Waals surface area (Å²) in [5, 5.41) is 17.3. The van der Waals surface area contributed by atoms with E-state index in [9.17, 15) is 13.2 Å². The Labute approximate surface area is 121 Å². The molecule has 1 aromatic carbocycles. The molecule has 110 valence electrons. The summed E-state index contributed by atoms with van der Waals surface area (Å²) in [6.07, 6.45) is -3.60. The van der Waals surface area contributed by atoms with E-state index in [1.165, 1.54) is 6.07 Å². The van der Waals surface area contributed by atoms with Crippen LogP contribution in [0.2, 0.25) is 0 Å². The van der Waals surface area contributed by atoms with Crippen molar-refractivity contribution >= 4 is 11.8 Å². The molecule has 0 atom stereocenters. The minimum Gasteiger partial charge on any atom is -0.372 e. The van der Waals surface area contributed by atoms with Crippen molar-refractivity contribution in [3.05, 3.63) is 34.9 Å². The van der Waals surface area contributed by atoms with Crippen LogP contribution in [0.1, 0.15) is 25.0 Å². The van der Waals surface area contributed by atoms with Crippen LogP contribution in [0.25, 0.3) is 6.08 Å². The van der Waals surface area contributed by atoms with Gasteiger partial charge in [0.15, 0.2) is 0 Å². The Balaban J connectivity index is 3.45. The van der Waals surface area contributed by atoms with E-state index in [1.54, 1.807) is 23.1 Å². The number of halogens is 3. The van der Waals surface area contributed by atoms with Crippen LogP contribution in [0.3, 0.4) is 0 Å². The average molecular weight is 293 g/mol. The molecule has 0 bridgehead atoms. The van der Waals surface area contributed by atoms with E-state index in [2.05, 4.69) is 0 Å². The molecule has 0 radical (unpaired) electrons. The van der Waals surface area contributed by atoms with Gasteiger partial charge in [-0.05, 0) is 37.6 Å². The molecule has 0 spiro atoms. The maximum absolute atomic E-state index is 13.1. The second kappa shape index (κ2) is 6.81. The number of benzene rings is 1. The summed E-state index contributed by atoms with van der Waals surface area (Å²) in [6.45, 7) is 4.89. The Kier molecular flexibility index (Phi) is 5.37. The van der Waals surface area contributed by atoms with Crippen molar-refractivity contribution in [1.29, 1.82) is 10.5 Å². The SMILES string of the molecule is CCN(CC)c1ccc(C=C(C#N)C#N)c(C(F)(F)F)c1. The highest BCUT2D eigenvalue weighted by Crippen LogP contribution is 2.35. The first-order chi connectivity index (χ1) is 9.87. The van der Waals surface area contributed by atoms with Crippen LogP contribution in [-0.2, 0) is 6.18 Å². The minimum absolute atomic E-state index is 0.184. The van der Waals surface area contributed by atoms with Gasteiger partial charge in [0.1, 0.15) is 17.7 Å². The van der Waals surface area contributed by atoms with Crippen LogP contribution in [0.4, 0.5) is 18.9 Å². The minimum atomic E-state index is -4.55. The third-order valence-electron chi connectivity index (χ3n) is 3.01. The fraction of sp³-hybridized carbons (Fsp3) is 0.333. The molecule has 0 aliphatic rings. The lowest BCUT2D eigenvalue weighted by atomic mass is 10.0. The lowest BCUT2D eigenvalue weighted by Gasteiger charge is -2.23. The molecule has 0 aliphatic carbocycles. The van der Waals surface area contributed by atoms with Crippen LogP contribution in [0, 0.1) is 22.7 Å². The molecule has 21 heavy (non-hydrogen) atoms. The van der Waals surface area contributed by atoms with Crippen molar-refractivity contribution in [3.8, 4) is 12.1 Å². The average Bonchev–Trinajstić information content (AvgIpc) is 2.45. The summed E-state index contributed by atoms with van der Waals surface area (Å²) in [5.74, 6) is 0. The van der Waals surface area contributed by atoms with Crippen molar-refractivity contribution in [1.82, 2.24) is 0 Å². The second-order valence-electron chi connectivity index (χ2n) is 4.22. The molecule has 1 aromatic rings. The van der Waals surface area contributed by atoms with Gasteiger partial charge in [0.2, 0.25) is 0 Å². The second-order valence-corrected chi connectivity index (χ2v) is 4.22. The van der Waals surface area contributed by atoms with Crippen LogP contribution < -0.4 is 4.90 Å². The number of nitriles is 2. The normalized spacial score (nSPS) is 10.4. The number of anilines is 1. The lowest BCUT2D eigenvalue weighted by Crippen LogP contribution is -2.22. The first-order valence-electron chi connectivity index (χ1n) is 6.35. The van der Waals surface area contributed by atoms with Gasteiger partial charge >= 0.3 is 6.18 Å². The predicted octanol–water partition coefficient (Wildman–Crippen LogP) is 3.98. The third kappa shape index (κ3) is 4.00. The molecule has 1 rings (SSSR count). The van der Waals surface area contributed by atoms with Crippen LogP contribution >= 0.6 is 0 Å². The lowest BCUT2D eigenvalue weighted by molar-refractivity contribution is -0.137. The molecule has 0 fully saturated rings. The highest BCUT2D eigenvalue weighted by Gasteiger charge is 2.33. The van der Waals surface area contributed by atoms with Gasteiger partial charge in [0, 0.05) is 18.8 Å². The standard InChI is InChI=1S/C15H14F3N3/c1-3-21(4-2)13-6-5-12(7-11(9-19)10-20)14(8-13)15(16,17)18/h5-8H,3-4H2,1-2H3. The summed E-state index contributed by atoms with van der Waals surface area (Å²) < 4.78 is 39.4. The van der Waals surface area contributed by atoms with Gasteiger partial charge in [-0.3, -0.25) is 0 Å². The Hall–Kier alpha value is -2.47. The van der Waals surface area contributed by atoms with Gasteiger partial charge in [0.05, 0.1) is 5.56 Å². The Bertz CT molecular complexity index is 599. The number of hydrogen-bond acceptors (Lipinski definition) is 3. The van der Waals surface area contributed by atoms with Crippen molar-refractivity contribution < 1.29 is 13.2 Å². The zero-order valence-electron chi connectivity index (χ0n) is 11.7. The van der Waals surface area contributed by atoms with E-state index < -0.39 is 11.7 Å². The fourth-order valence-electron chi connectivity index (χ4n) is 1.95. The smallest absolute Gasteiger partial charge is 0.372 e. The summed E-state index contributed by atoms with van der Waals surface area (Å²) >= 11 is 0. The quantitative estimate of drug-likeness (QED) is 0.789. The molecule has 0 heterocycles. The molecule has 0 N–H and O–H groups in total. The van der Waals surface area contributed by atoms with Gasteiger partial charge in [0.25, 0.3) is 0 Å². The summed E-state index contributed by atoms with van der Waals surface area (Å²) in [5.41, 5.74) is -0.942. The largest absolute Gasteiger partial charge is 0.417 e. The summed E-state index contributed by atoms with van der Waals surface area (Å²) in [6, 6.07) is 7.01. The van der Waals surface area contributed by atoms with E-state index >= 15 is 0 Å². The Morgan fingerprint density at radius 2 is 1.76 bits per heavy atom. The first-order valence-corrected chi connectivity index (χ1v) is 6.35. The molecule has 0 amide bonds. The Morgan fingerprint density at radius 1 is 1.19 bits per heavy atom. The molecule has 0 aromatic heterocycles. The number of allylic oxidation sites excluding steroid dienone is 1. The fourth-order valence-corrected chi connectivity index (χ4v) is 1.95. The maximum atomic E-state index is 13.1. The van der Waals surface area contributed by atoms with E-state index in [1.807, 2.05) is 13.8 Å². The van der Waals surface area contributed by atoms with E-state index in [4.69, 9.17) is 10.5 Å². The van der Waals surface area contributed by atoms with Gasteiger partial charge in [-0.25, -0.2) is 0 Å². The highest BCUT2D eigenvalue weighted by molar-refractivity contribution is 5.67. The van der Waals surface area contributed by atoms with Gasteiger partial charge in [-0.1, -0.05) is 6.07 Å². The van der Waals surface area contributed by atoms with Crippen molar-refractivity contribution in [2.45, 2.75) is 20.0 Å². The number of nitrogens with zero attached hydrogens (tertiary/aromatic N) is 3. The monoisotopic (exact) mass is 293 g/mol. The molecule has 0 saturated heterocycles.